The van der Waals surface area contributed by atoms with Crippen LogP contribution < -0.4 is 5.43 Å². The second kappa shape index (κ2) is 5.97. The van der Waals surface area contributed by atoms with Gasteiger partial charge in [0.15, 0.2) is 4.67 Å². The summed E-state index contributed by atoms with van der Waals surface area (Å²) >= 11 is 6.48. The number of hydrogen-bond donors (Lipinski definition) is 1. The van der Waals surface area contributed by atoms with Crippen LogP contribution in [0.5, 0.6) is 0 Å². The van der Waals surface area contributed by atoms with Crippen LogP contribution in [-0.4, -0.2) is 12.1 Å². The number of rotatable bonds is 3. The van der Waals surface area contributed by atoms with Gasteiger partial charge in [0.1, 0.15) is 5.76 Å². The first-order chi connectivity index (χ1) is 8.66. The van der Waals surface area contributed by atoms with Crippen molar-refractivity contribution in [3.63, 3.8) is 0 Å². The SMILES string of the molecule is O=C(N/N=C/c1ccc(Br)o1)c1ccccc1Br. The molecule has 0 aliphatic carbocycles. The highest BCUT2D eigenvalue weighted by Crippen LogP contribution is 2.15. The number of carbonyl (C=O) groups excluding carboxylic acids is 1. The number of carbonyl (C=O) groups is 1. The van der Waals surface area contributed by atoms with Gasteiger partial charge < -0.3 is 4.42 Å². The Bertz CT molecular complexity index is 593. The molecule has 1 N–H and O–H groups in total. The average molecular weight is 372 g/mol. The van der Waals surface area contributed by atoms with Crippen molar-refractivity contribution < 1.29 is 9.21 Å². The Hall–Kier alpha value is -1.40. The summed E-state index contributed by atoms with van der Waals surface area (Å²) in [6.45, 7) is 0. The van der Waals surface area contributed by atoms with Crippen molar-refractivity contribution >= 4 is 44.0 Å². The maximum atomic E-state index is 11.8. The predicted octanol–water partition coefficient (Wildman–Crippen LogP) is 3.57. The van der Waals surface area contributed by atoms with Gasteiger partial charge in [-0.25, -0.2) is 5.43 Å². The molecule has 0 saturated heterocycles. The van der Waals surface area contributed by atoms with E-state index in [2.05, 4.69) is 42.4 Å². The second-order valence-corrected chi connectivity index (χ2v) is 4.96. The van der Waals surface area contributed by atoms with Gasteiger partial charge in [0.2, 0.25) is 0 Å². The minimum atomic E-state index is -0.288. The molecular formula is C12H8Br2N2O2. The van der Waals surface area contributed by atoms with Crippen molar-refractivity contribution in [2.45, 2.75) is 0 Å². The van der Waals surface area contributed by atoms with Crippen LogP contribution in [0.25, 0.3) is 0 Å². The summed E-state index contributed by atoms with van der Waals surface area (Å²) in [5, 5.41) is 3.81. The molecule has 1 aromatic carbocycles. The number of halogens is 2. The number of nitrogens with one attached hydrogen (secondary N) is 1. The second-order valence-electron chi connectivity index (χ2n) is 3.32. The molecule has 0 unspecified atom stereocenters. The Labute approximate surface area is 120 Å². The van der Waals surface area contributed by atoms with E-state index in [9.17, 15) is 4.79 Å². The fourth-order valence-electron chi connectivity index (χ4n) is 1.26. The lowest BCUT2D eigenvalue weighted by Crippen LogP contribution is -2.17. The fraction of sp³-hybridized carbons (Fsp3) is 0. The normalized spacial score (nSPS) is 10.8. The molecule has 18 heavy (non-hydrogen) atoms. The summed E-state index contributed by atoms with van der Waals surface area (Å²) in [6.07, 6.45) is 1.43. The quantitative estimate of drug-likeness (QED) is 0.662. The third-order valence-electron chi connectivity index (χ3n) is 2.07. The molecule has 0 saturated carbocycles. The van der Waals surface area contributed by atoms with Crippen LogP contribution in [0, 0.1) is 0 Å². The van der Waals surface area contributed by atoms with E-state index in [1.165, 1.54) is 6.21 Å². The number of furan rings is 1. The Morgan fingerprint density at radius 1 is 1.22 bits per heavy atom. The summed E-state index contributed by atoms with van der Waals surface area (Å²) in [5.74, 6) is 0.263. The van der Waals surface area contributed by atoms with Crippen LogP contribution >= 0.6 is 31.9 Å². The molecule has 0 aliphatic heterocycles. The molecular weight excluding hydrogens is 364 g/mol. The maximum absolute atomic E-state index is 11.8. The lowest BCUT2D eigenvalue weighted by molar-refractivity contribution is 0.0954. The van der Waals surface area contributed by atoms with Gasteiger partial charge in [0, 0.05) is 4.47 Å². The molecule has 0 aliphatic rings. The minimum Gasteiger partial charge on any atom is -0.448 e. The van der Waals surface area contributed by atoms with Crippen molar-refractivity contribution in [1.29, 1.82) is 0 Å². The van der Waals surface area contributed by atoms with E-state index in [0.29, 0.717) is 16.0 Å². The highest BCUT2D eigenvalue weighted by Gasteiger charge is 2.07. The largest absolute Gasteiger partial charge is 0.448 e. The van der Waals surface area contributed by atoms with Crippen molar-refractivity contribution in [1.82, 2.24) is 5.43 Å². The highest BCUT2D eigenvalue weighted by molar-refractivity contribution is 9.10. The van der Waals surface area contributed by atoms with Crippen LogP contribution in [0.1, 0.15) is 16.1 Å². The van der Waals surface area contributed by atoms with Gasteiger partial charge in [-0.05, 0) is 56.1 Å². The molecule has 0 atom stereocenters. The number of nitrogens with zero attached hydrogens (tertiary/aromatic N) is 1. The molecule has 1 amide bonds. The van der Waals surface area contributed by atoms with Gasteiger partial charge in [0.05, 0.1) is 11.8 Å². The van der Waals surface area contributed by atoms with E-state index in [-0.39, 0.29) is 5.91 Å². The smallest absolute Gasteiger partial charge is 0.272 e. The highest BCUT2D eigenvalue weighted by atomic mass is 79.9. The third-order valence-corrected chi connectivity index (χ3v) is 3.19. The zero-order valence-electron chi connectivity index (χ0n) is 9.06. The Balaban J connectivity index is 2.01. The summed E-state index contributed by atoms with van der Waals surface area (Å²) in [4.78, 5) is 11.8. The van der Waals surface area contributed by atoms with Gasteiger partial charge in [-0.1, -0.05) is 12.1 Å². The van der Waals surface area contributed by atoms with E-state index in [0.717, 1.165) is 4.47 Å². The van der Waals surface area contributed by atoms with Crippen LogP contribution in [0.2, 0.25) is 0 Å². The van der Waals surface area contributed by atoms with Gasteiger partial charge in [-0.2, -0.15) is 5.10 Å². The zero-order chi connectivity index (χ0) is 13.0. The summed E-state index contributed by atoms with van der Waals surface area (Å²) in [7, 11) is 0. The van der Waals surface area contributed by atoms with Crippen LogP contribution in [0.3, 0.4) is 0 Å². The van der Waals surface area contributed by atoms with E-state index >= 15 is 0 Å². The Morgan fingerprint density at radius 3 is 2.67 bits per heavy atom. The van der Waals surface area contributed by atoms with Gasteiger partial charge in [0.25, 0.3) is 5.91 Å². The first kappa shape index (κ1) is 13.0. The topological polar surface area (TPSA) is 54.6 Å². The first-order valence-electron chi connectivity index (χ1n) is 5.00. The molecule has 4 nitrogen and oxygen atoms in total. The molecule has 92 valence electrons. The molecule has 0 spiro atoms. The number of hydrazone groups is 1. The lowest BCUT2D eigenvalue weighted by Gasteiger charge is -2.01. The monoisotopic (exact) mass is 370 g/mol. The van der Waals surface area contributed by atoms with Crippen molar-refractivity contribution in [2.24, 2.45) is 5.10 Å². The average Bonchev–Trinajstić information content (AvgIpc) is 2.75. The number of hydrogen-bond acceptors (Lipinski definition) is 3. The van der Waals surface area contributed by atoms with Crippen LogP contribution in [0.15, 0.2) is 55.1 Å². The molecule has 2 rings (SSSR count). The lowest BCUT2D eigenvalue weighted by atomic mass is 10.2. The van der Waals surface area contributed by atoms with Crippen LogP contribution in [-0.2, 0) is 0 Å². The van der Waals surface area contributed by atoms with E-state index < -0.39 is 0 Å². The molecule has 2 aromatic rings. The summed E-state index contributed by atoms with van der Waals surface area (Å²) < 4.78 is 6.53. The first-order valence-corrected chi connectivity index (χ1v) is 6.58. The molecule has 0 fully saturated rings. The third kappa shape index (κ3) is 3.30. The Morgan fingerprint density at radius 2 is 2.00 bits per heavy atom. The Kier molecular flexibility index (Phi) is 4.33. The van der Waals surface area contributed by atoms with E-state index in [1.54, 1.807) is 30.3 Å². The van der Waals surface area contributed by atoms with Crippen molar-refractivity contribution in [3.8, 4) is 0 Å². The zero-order valence-corrected chi connectivity index (χ0v) is 12.2. The van der Waals surface area contributed by atoms with Gasteiger partial charge >= 0.3 is 0 Å². The summed E-state index contributed by atoms with van der Waals surface area (Å²) in [6, 6.07) is 10.6. The minimum absolute atomic E-state index is 0.288. The number of amides is 1. The van der Waals surface area contributed by atoms with Crippen LogP contribution in [0.4, 0.5) is 0 Å². The molecule has 1 aromatic heterocycles. The van der Waals surface area contributed by atoms with E-state index in [1.807, 2.05) is 6.07 Å². The van der Waals surface area contributed by atoms with E-state index in [4.69, 9.17) is 4.42 Å². The number of benzene rings is 1. The fourth-order valence-corrected chi connectivity index (χ4v) is 2.04. The summed E-state index contributed by atoms with van der Waals surface area (Å²) in [5.41, 5.74) is 2.95. The van der Waals surface area contributed by atoms with Gasteiger partial charge in [-0.3, -0.25) is 4.79 Å². The molecule has 1 heterocycles. The molecule has 0 bridgehead atoms. The standard InChI is InChI=1S/C12H8Br2N2O2/c13-10-4-2-1-3-9(10)12(17)16-15-7-8-5-6-11(14)18-8/h1-7H,(H,16,17)/b15-7+. The predicted molar refractivity (Wildman–Crippen MR) is 75.6 cm³/mol. The van der Waals surface area contributed by atoms with Gasteiger partial charge in [-0.15, -0.1) is 0 Å². The molecule has 6 heteroatoms. The van der Waals surface area contributed by atoms with Crippen molar-refractivity contribution in [2.75, 3.05) is 0 Å². The van der Waals surface area contributed by atoms with Crippen molar-refractivity contribution in [3.05, 3.63) is 56.9 Å². The molecule has 0 radical (unpaired) electrons. The maximum Gasteiger partial charge on any atom is 0.272 e.